The number of ether oxygens (including phenoxy) is 3. The van der Waals surface area contributed by atoms with Crippen molar-refractivity contribution < 1.29 is 19.0 Å². The van der Waals surface area contributed by atoms with Crippen LogP contribution in [0.25, 0.3) is 0 Å². The summed E-state index contributed by atoms with van der Waals surface area (Å²) in [5.41, 5.74) is -0.235. The van der Waals surface area contributed by atoms with E-state index in [1.807, 2.05) is 13.8 Å². The predicted molar refractivity (Wildman–Crippen MR) is 80.6 cm³/mol. The lowest BCUT2D eigenvalue weighted by Crippen LogP contribution is -2.41. The molecule has 0 aromatic carbocycles. The molecule has 118 valence electrons. The Morgan fingerprint density at radius 2 is 2.10 bits per heavy atom. The Morgan fingerprint density at radius 1 is 1.33 bits per heavy atom. The second-order valence-corrected chi connectivity index (χ2v) is 4.67. The molecular weight excluding hydrogens is 272 g/mol. The van der Waals surface area contributed by atoms with Crippen LogP contribution in [-0.2, 0) is 14.3 Å². The van der Waals surface area contributed by atoms with Crippen LogP contribution in [0.5, 0.6) is 5.88 Å². The van der Waals surface area contributed by atoms with Gasteiger partial charge in [-0.25, -0.2) is 4.98 Å². The largest absolute Gasteiger partial charge is 0.475 e. The van der Waals surface area contributed by atoms with Crippen LogP contribution in [0.2, 0.25) is 0 Å². The molecule has 1 N–H and O–H groups in total. The molecule has 6 nitrogen and oxygen atoms in total. The lowest BCUT2D eigenvalue weighted by atomic mass is 10.0. The third-order valence-corrected chi connectivity index (χ3v) is 3.28. The fraction of sp³-hybridized carbons (Fsp3) is 0.600. The standard InChI is InChI=1S/C15H24N2O4/c1-5-15(3,19-4)14(18)17-12-7-8-13(16-11-12)21-10-9-20-6-2/h7-8,11H,5-6,9-10H2,1-4H3,(H,17,18)/t15-/m1/s1. The summed E-state index contributed by atoms with van der Waals surface area (Å²) < 4.78 is 15.8. The van der Waals surface area contributed by atoms with Crippen molar-refractivity contribution in [3.8, 4) is 5.88 Å². The van der Waals surface area contributed by atoms with E-state index in [0.717, 1.165) is 0 Å². The molecule has 0 bridgehead atoms. The average molecular weight is 296 g/mol. The van der Waals surface area contributed by atoms with Gasteiger partial charge in [0.2, 0.25) is 5.88 Å². The first kappa shape index (κ1) is 17.4. The van der Waals surface area contributed by atoms with E-state index in [9.17, 15) is 4.79 Å². The summed E-state index contributed by atoms with van der Waals surface area (Å²) in [7, 11) is 1.52. The fourth-order valence-electron chi connectivity index (χ4n) is 1.55. The average Bonchev–Trinajstić information content (AvgIpc) is 2.52. The van der Waals surface area contributed by atoms with Crippen molar-refractivity contribution in [3.63, 3.8) is 0 Å². The van der Waals surface area contributed by atoms with Crippen molar-refractivity contribution in [1.29, 1.82) is 0 Å². The summed E-state index contributed by atoms with van der Waals surface area (Å²) in [4.78, 5) is 16.2. The molecule has 1 atom stereocenters. The molecule has 1 rings (SSSR count). The van der Waals surface area contributed by atoms with Gasteiger partial charge in [-0.1, -0.05) is 6.92 Å². The first-order valence-electron chi connectivity index (χ1n) is 7.09. The van der Waals surface area contributed by atoms with Crippen LogP contribution >= 0.6 is 0 Å². The number of carbonyl (C=O) groups excluding carboxylic acids is 1. The zero-order valence-electron chi connectivity index (χ0n) is 13.1. The van der Waals surface area contributed by atoms with Gasteiger partial charge >= 0.3 is 0 Å². The van der Waals surface area contributed by atoms with Crippen LogP contribution in [0.4, 0.5) is 5.69 Å². The van der Waals surface area contributed by atoms with Crippen molar-refractivity contribution >= 4 is 11.6 Å². The van der Waals surface area contributed by atoms with E-state index in [2.05, 4.69) is 10.3 Å². The number of methoxy groups -OCH3 is 1. The molecule has 0 radical (unpaired) electrons. The molecule has 0 unspecified atom stereocenters. The smallest absolute Gasteiger partial charge is 0.256 e. The van der Waals surface area contributed by atoms with Gasteiger partial charge in [0.05, 0.1) is 18.5 Å². The lowest BCUT2D eigenvalue weighted by molar-refractivity contribution is -0.136. The summed E-state index contributed by atoms with van der Waals surface area (Å²) in [5, 5.41) is 2.78. The highest BCUT2D eigenvalue weighted by Crippen LogP contribution is 2.18. The van der Waals surface area contributed by atoms with Crippen LogP contribution in [-0.4, -0.2) is 43.4 Å². The summed E-state index contributed by atoms with van der Waals surface area (Å²) in [6.07, 6.45) is 2.14. The van der Waals surface area contributed by atoms with Crippen LogP contribution in [0.1, 0.15) is 27.2 Å². The Labute approximate surface area is 125 Å². The Bertz CT molecular complexity index is 430. The minimum atomic E-state index is -0.841. The second-order valence-electron chi connectivity index (χ2n) is 4.67. The number of rotatable bonds is 9. The van der Waals surface area contributed by atoms with E-state index in [4.69, 9.17) is 14.2 Å². The maximum atomic E-state index is 12.1. The summed E-state index contributed by atoms with van der Waals surface area (Å²) >= 11 is 0. The van der Waals surface area contributed by atoms with E-state index in [-0.39, 0.29) is 5.91 Å². The van der Waals surface area contributed by atoms with E-state index < -0.39 is 5.60 Å². The number of hydrogen-bond donors (Lipinski definition) is 1. The van der Waals surface area contributed by atoms with Crippen molar-refractivity contribution in [2.24, 2.45) is 0 Å². The van der Waals surface area contributed by atoms with Crippen molar-refractivity contribution in [3.05, 3.63) is 18.3 Å². The number of hydrogen-bond acceptors (Lipinski definition) is 5. The summed E-state index contributed by atoms with van der Waals surface area (Å²) in [5.74, 6) is 0.303. The first-order valence-corrected chi connectivity index (χ1v) is 7.09. The Hall–Kier alpha value is -1.66. The number of aromatic nitrogens is 1. The molecule has 1 amide bonds. The predicted octanol–water partition coefficient (Wildman–Crippen LogP) is 2.25. The minimum absolute atomic E-state index is 0.195. The molecule has 0 aliphatic heterocycles. The Morgan fingerprint density at radius 3 is 2.62 bits per heavy atom. The molecule has 0 fully saturated rings. The van der Waals surface area contributed by atoms with Crippen LogP contribution in [0, 0.1) is 0 Å². The Balaban J connectivity index is 2.52. The van der Waals surface area contributed by atoms with Crippen LogP contribution in [0.15, 0.2) is 18.3 Å². The van der Waals surface area contributed by atoms with Crippen molar-refractivity contribution in [2.75, 3.05) is 32.2 Å². The normalized spacial score (nSPS) is 13.5. The molecule has 1 heterocycles. The SMILES string of the molecule is CCOCCOc1ccc(NC(=O)[C@@](C)(CC)OC)cn1. The lowest BCUT2D eigenvalue weighted by Gasteiger charge is -2.25. The van der Waals surface area contributed by atoms with E-state index in [0.29, 0.717) is 37.8 Å². The molecular formula is C15H24N2O4. The number of amides is 1. The molecule has 0 aliphatic rings. The molecule has 0 spiro atoms. The van der Waals surface area contributed by atoms with E-state index in [1.54, 1.807) is 25.3 Å². The number of nitrogens with zero attached hydrogens (tertiary/aromatic N) is 1. The van der Waals surface area contributed by atoms with Gasteiger partial charge in [0.15, 0.2) is 0 Å². The minimum Gasteiger partial charge on any atom is -0.475 e. The number of carbonyl (C=O) groups is 1. The molecule has 0 aliphatic carbocycles. The number of anilines is 1. The van der Waals surface area contributed by atoms with Gasteiger partial charge in [-0.3, -0.25) is 4.79 Å². The number of pyridine rings is 1. The molecule has 0 saturated heterocycles. The van der Waals surface area contributed by atoms with E-state index >= 15 is 0 Å². The molecule has 1 aromatic heterocycles. The van der Waals surface area contributed by atoms with Gasteiger partial charge in [-0.05, 0) is 26.3 Å². The fourth-order valence-corrected chi connectivity index (χ4v) is 1.55. The van der Waals surface area contributed by atoms with Gasteiger partial charge < -0.3 is 19.5 Å². The highest BCUT2D eigenvalue weighted by atomic mass is 16.5. The molecule has 6 heteroatoms. The molecule has 21 heavy (non-hydrogen) atoms. The van der Waals surface area contributed by atoms with Crippen LogP contribution in [0.3, 0.4) is 0 Å². The highest BCUT2D eigenvalue weighted by Gasteiger charge is 2.30. The summed E-state index contributed by atoms with van der Waals surface area (Å²) in [6.45, 7) is 7.22. The number of nitrogens with one attached hydrogen (secondary N) is 1. The van der Waals surface area contributed by atoms with Gasteiger partial charge in [0, 0.05) is 19.8 Å². The van der Waals surface area contributed by atoms with Crippen LogP contribution < -0.4 is 10.1 Å². The topological polar surface area (TPSA) is 69.7 Å². The maximum absolute atomic E-state index is 12.1. The second kappa shape index (κ2) is 8.59. The third-order valence-electron chi connectivity index (χ3n) is 3.28. The summed E-state index contributed by atoms with van der Waals surface area (Å²) in [6, 6.07) is 3.45. The monoisotopic (exact) mass is 296 g/mol. The van der Waals surface area contributed by atoms with Gasteiger partial charge in [-0.2, -0.15) is 0 Å². The maximum Gasteiger partial charge on any atom is 0.256 e. The first-order chi connectivity index (χ1) is 10.1. The van der Waals surface area contributed by atoms with Gasteiger partial charge in [0.25, 0.3) is 5.91 Å². The zero-order valence-corrected chi connectivity index (χ0v) is 13.1. The van der Waals surface area contributed by atoms with E-state index in [1.165, 1.54) is 7.11 Å². The van der Waals surface area contributed by atoms with Gasteiger partial charge in [-0.15, -0.1) is 0 Å². The van der Waals surface area contributed by atoms with Crippen molar-refractivity contribution in [2.45, 2.75) is 32.8 Å². The molecule has 0 saturated carbocycles. The highest BCUT2D eigenvalue weighted by molar-refractivity contribution is 5.96. The van der Waals surface area contributed by atoms with Gasteiger partial charge in [0.1, 0.15) is 12.2 Å². The third kappa shape index (κ3) is 5.32. The van der Waals surface area contributed by atoms with Crippen molar-refractivity contribution in [1.82, 2.24) is 4.98 Å². The Kier molecular flexibility index (Phi) is 7.11. The molecule has 1 aromatic rings. The quantitative estimate of drug-likeness (QED) is 0.708. The zero-order chi connectivity index (χ0) is 15.7.